The summed E-state index contributed by atoms with van der Waals surface area (Å²) in [5, 5.41) is 5.25. The molecule has 18 heavy (non-hydrogen) atoms. The van der Waals surface area contributed by atoms with Crippen molar-refractivity contribution in [3.05, 3.63) is 29.8 Å². The zero-order chi connectivity index (χ0) is 13.4. The maximum Gasteiger partial charge on any atom is 0.251 e. The van der Waals surface area contributed by atoms with Crippen LogP contribution >= 0.6 is 11.8 Å². The molecule has 0 atom stereocenters. The van der Waals surface area contributed by atoms with Crippen molar-refractivity contribution in [2.45, 2.75) is 0 Å². The van der Waals surface area contributed by atoms with Gasteiger partial charge in [-0.1, -0.05) is 0 Å². The molecule has 0 spiro atoms. The minimum atomic E-state index is -0.282. The molecule has 98 valence electrons. The summed E-state index contributed by atoms with van der Waals surface area (Å²) in [7, 11) is 0. The largest absolute Gasteiger partial charge is 0.399 e. The molecule has 0 radical (unpaired) electrons. The minimum absolute atomic E-state index is 0.0163. The Morgan fingerprint density at radius 1 is 1.22 bits per heavy atom. The van der Waals surface area contributed by atoms with Crippen molar-refractivity contribution in [1.82, 2.24) is 10.6 Å². The third kappa shape index (κ3) is 5.09. The summed E-state index contributed by atoms with van der Waals surface area (Å²) in [4.78, 5) is 23.0. The average molecular weight is 267 g/mol. The molecule has 2 amide bonds. The molecular weight excluding hydrogens is 250 g/mol. The Labute approximate surface area is 111 Å². The number of nitrogen functional groups attached to an aromatic ring is 1. The van der Waals surface area contributed by atoms with Crippen LogP contribution in [0, 0.1) is 0 Å². The number of thioether (sulfide) groups is 1. The predicted octanol–water partition coefficient (Wildman–Crippen LogP) is 0.478. The normalized spacial score (nSPS) is 9.83. The molecule has 4 N–H and O–H groups in total. The number of nitrogens with two attached hydrogens (primary N) is 1. The second-order valence-electron chi connectivity index (χ2n) is 3.65. The zero-order valence-corrected chi connectivity index (χ0v) is 11.0. The van der Waals surface area contributed by atoms with Crippen molar-refractivity contribution in [2.24, 2.45) is 0 Å². The maximum absolute atomic E-state index is 11.7. The minimum Gasteiger partial charge on any atom is -0.399 e. The van der Waals surface area contributed by atoms with Crippen LogP contribution in [0.4, 0.5) is 5.69 Å². The van der Waals surface area contributed by atoms with Crippen molar-refractivity contribution in [3.63, 3.8) is 0 Å². The van der Waals surface area contributed by atoms with Crippen LogP contribution in [0.1, 0.15) is 10.4 Å². The highest BCUT2D eigenvalue weighted by Crippen LogP contribution is 2.04. The molecule has 0 fully saturated rings. The third-order valence-corrected chi connectivity index (χ3v) is 2.82. The van der Waals surface area contributed by atoms with Gasteiger partial charge in [0.25, 0.3) is 5.91 Å². The summed E-state index contributed by atoms with van der Waals surface area (Å²) in [6, 6.07) is 6.54. The fraction of sp³-hybridized carbons (Fsp3) is 0.333. The monoisotopic (exact) mass is 267 g/mol. The van der Waals surface area contributed by atoms with Crippen LogP contribution < -0.4 is 16.4 Å². The molecular formula is C12H17N3O2S. The van der Waals surface area contributed by atoms with Crippen LogP contribution in [-0.2, 0) is 4.79 Å². The van der Waals surface area contributed by atoms with E-state index in [2.05, 4.69) is 10.6 Å². The number of rotatable bonds is 6. The van der Waals surface area contributed by atoms with E-state index >= 15 is 0 Å². The van der Waals surface area contributed by atoms with E-state index in [9.17, 15) is 9.59 Å². The number of hydrogen-bond acceptors (Lipinski definition) is 4. The molecule has 0 aliphatic carbocycles. The number of hydrogen-bond donors (Lipinski definition) is 3. The van der Waals surface area contributed by atoms with Gasteiger partial charge in [-0.3, -0.25) is 9.59 Å². The lowest BCUT2D eigenvalue weighted by molar-refractivity contribution is -0.120. The van der Waals surface area contributed by atoms with E-state index in [4.69, 9.17) is 5.73 Å². The van der Waals surface area contributed by atoms with Crippen LogP contribution in [0.2, 0.25) is 0 Å². The van der Waals surface area contributed by atoms with Crippen molar-refractivity contribution >= 4 is 29.3 Å². The van der Waals surface area contributed by atoms with E-state index in [1.54, 1.807) is 36.0 Å². The molecule has 0 saturated carbocycles. The molecule has 0 aliphatic rings. The van der Waals surface area contributed by atoms with E-state index < -0.39 is 0 Å². The summed E-state index contributed by atoms with van der Waals surface area (Å²) in [6.07, 6.45) is 1.97. The molecule has 0 saturated heterocycles. The van der Waals surface area contributed by atoms with Gasteiger partial charge in [0.2, 0.25) is 5.91 Å². The smallest absolute Gasteiger partial charge is 0.251 e. The fourth-order valence-electron chi connectivity index (χ4n) is 1.25. The topological polar surface area (TPSA) is 84.2 Å². The summed E-state index contributed by atoms with van der Waals surface area (Å²) < 4.78 is 0. The first-order valence-electron chi connectivity index (χ1n) is 5.53. The van der Waals surface area contributed by atoms with Crippen molar-refractivity contribution in [1.29, 1.82) is 0 Å². The van der Waals surface area contributed by atoms with E-state index in [1.807, 2.05) is 6.26 Å². The van der Waals surface area contributed by atoms with Gasteiger partial charge in [0, 0.05) is 23.5 Å². The van der Waals surface area contributed by atoms with Crippen LogP contribution in [0.25, 0.3) is 0 Å². The number of amides is 2. The van der Waals surface area contributed by atoms with E-state index in [-0.39, 0.29) is 18.4 Å². The van der Waals surface area contributed by atoms with Crippen molar-refractivity contribution in [2.75, 3.05) is 30.8 Å². The Morgan fingerprint density at radius 3 is 2.50 bits per heavy atom. The lowest BCUT2D eigenvalue weighted by Gasteiger charge is -2.06. The molecule has 0 aliphatic heterocycles. The summed E-state index contributed by atoms with van der Waals surface area (Å²) >= 11 is 1.65. The second kappa shape index (κ2) is 7.60. The van der Waals surface area contributed by atoms with E-state index in [0.717, 1.165) is 5.75 Å². The highest BCUT2D eigenvalue weighted by Gasteiger charge is 2.07. The van der Waals surface area contributed by atoms with Gasteiger partial charge in [-0.05, 0) is 30.5 Å². The molecule has 0 aromatic heterocycles. The molecule has 6 heteroatoms. The van der Waals surface area contributed by atoms with Crippen LogP contribution in [-0.4, -0.2) is 36.9 Å². The zero-order valence-electron chi connectivity index (χ0n) is 10.2. The van der Waals surface area contributed by atoms with Crippen molar-refractivity contribution < 1.29 is 9.59 Å². The molecule has 1 rings (SSSR count). The molecule has 0 bridgehead atoms. The second-order valence-corrected chi connectivity index (χ2v) is 4.63. The van der Waals surface area contributed by atoms with Gasteiger partial charge in [0.15, 0.2) is 0 Å². The lowest BCUT2D eigenvalue weighted by atomic mass is 10.2. The molecule has 1 aromatic rings. The SMILES string of the molecule is CSCCNC(=O)CNC(=O)c1ccc(N)cc1. The highest BCUT2D eigenvalue weighted by molar-refractivity contribution is 7.98. The Morgan fingerprint density at radius 2 is 1.89 bits per heavy atom. The molecule has 0 unspecified atom stereocenters. The summed E-state index contributed by atoms with van der Waals surface area (Å²) in [5.41, 5.74) is 6.60. The van der Waals surface area contributed by atoms with Gasteiger partial charge in [-0.2, -0.15) is 11.8 Å². The van der Waals surface area contributed by atoms with Gasteiger partial charge < -0.3 is 16.4 Å². The Balaban J connectivity index is 2.32. The van der Waals surface area contributed by atoms with Gasteiger partial charge in [-0.15, -0.1) is 0 Å². The van der Waals surface area contributed by atoms with Crippen LogP contribution in [0.3, 0.4) is 0 Å². The first kappa shape index (κ1) is 14.4. The lowest BCUT2D eigenvalue weighted by Crippen LogP contribution is -2.37. The molecule has 0 heterocycles. The van der Waals surface area contributed by atoms with Gasteiger partial charge in [-0.25, -0.2) is 0 Å². The van der Waals surface area contributed by atoms with Gasteiger partial charge in [0.1, 0.15) is 0 Å². The fourth-order valence-corrected chi connectivity index (χ4v) is 1.56. The standard InChI is InChI=1S/C12H17N3O2S/c1-18-7-6-14-11(16)8-15-12(17)9-2-4-10(13)5-3-9/h2-5H,6-8,13H2,1H3,(H,14,16)(H,15,17). The Bertz CT molecular complexity index is 406. The first-order chi connectivity index (χ1) is 8.63. The average Bonchev–Trinajstić information content (AvgIpc) is 2.37. The highest BCUT2D eigenvalue weighted by atomic mass is 32.2. The van der Waals surface area contributed by atoms with E-state index in [0.29, 0.717) is 17.8 Å². The molecule has 5 nitrogen and oxygen atoms in total. The summed E-state index contributed by atoms with van der Waals surface area (Å²) in [6.45, 7) is 0.593. The quantitative estimate of drug-likeness (QED) is 0.517. The number of carbonyl (C=O) groups is 2. The predicted molar refractivity (Wildman–Crippen MR) is 74.6 cm³/mol. The van der Waals surface area contributed by atoms with Crippen molar-refractivity contribution in [3.8, 4) is 0 Å². The summed E-state index contributed by atoms with van der Waals surface area (Å²) in [5.74, 6) is 0.389. The third-order valence-electron chi connectivity index (χ3n) is 2.21. The number of nitrogens with one attached hydrogen (secondary N) is 2. The number of benzene rings is 1. The van der Waals surface area contributed by atoms with Gasteiger partial charge >= 0.3 is 0 Å². The van der Waals surface area contributed by atoms with Crippen LogP contribution in [0.15, 0.2) is 24.3 Å². The number of carbonyl (C=O) groups excluding carboxylic acids is 2. The van der Waals surface area contributed by atoms with Crippen LogP contribution in [0.5, 0.6) is 0 Å². The first-order valence-corrected chi connectivity index (χ1v) is 6.92. The van der Waals surface area contributed by atoms with E-state index in [1.165, 1.54) is 0 Å². The number of anilines is 1. The van der Waals surface area contributed by atoms with Gasteiger partial charge in [0.05, 0.1) is 6.54 Å². The Kier molecular flexibility index (Phi) is 6.07. The Hall–Kier alpha value is -1.69. The maximum atomic E-state index is 11.7. The molecule has 1 aromatic carbocycles.